The van der Waals surface area contributed by atoms with Crippen molar-refractivity contribution in [2.24, 2.45) is 0 Å². The number of hydrogen-bond donors (Lipinski definition) is 2. The number of nitrogens with zero attached hydrogens (tertiary/aromatic N) is 2. The van der Waals surface area contributed by atoms with Crippen LogP contribution in [0.4, 0.5) is 0 Å². The summed E-state index contributed by atoms with van der Waals surface area (Å²) in [6.07, 6.45) is 1.88. The Kier molecular flexibility index (Phi) is 4.14. The van der Waals surface area contributed by atoms with Crippen molar-refractivity contribution in [1.29, 1.82) is 0 Å². The number of β-amino-alcohol motifs (C(OH)–C–C–N with tert-alkyl or cyclic N) is 1. The van der Waals surface area contributed by atoms with E-state index >= 15 is 0 Å². The fourth-order valence-electron chi connectivity index (χ4n) is 2.31. The third-order valence-electron chi connectivity index (χ3n) is 3.35. The Hall–Kier alpha value is -0.490. The van der Waals surface area contributed by atoms with Crippen LogP contribution in [-0.2, 0) is 6.42 Å². The first kappa shape index (κ1) is 13.0. The third-order valence-corrected chi connectivity index (χ3v) is 4.35. The molecule has 0 spiro atoms. The zero-order valence-electron chi connectivity index (χ0n) is 10.6. The second kappa shape index (κ2) is 5.44. The minimum atomic E-state index is -0.530. The fraction of sp³-hybridized carbons (Fsp3) is 0.750. The number of nitrogens with one attached hydrogen (secondary N) is 1. The van der Waals surface area contributed by atoms with Gasteiger partial charge in [0.1, 0.15) is 0 Å². The third kappa shape index (κ3) is 3.48. The molecule has 5 heteroatoms. The Bertz CT molecular complexity index is 360. The lowest BCUT2D eigenvalue weighted by molar-refractivity contribution is 0.0287. The van der Waals surface area contributed by atoms with Crippen molar-refractivity contribution in [2.45, 2.75) is 25.4 Å². The van der Waals surface area contributed by atoms with Gasteiger partial charge in [0.25, 0.3) is 0 Å². The van der Waals surface area contributed by atoms with Crippen LogP contribution in [0.2, 0.25) is 0 Å². The van der Waals surface area contributed by atoms with Crippen molar-refractivity contribution in [1.82, 2.24) is 15.2 Å². The average molecular weight is 255 g/mol. The summed E-state index contributed by atoms with van der Waals surface area (Å²) in [6.45, 7) is 5.43. The van der Waals surface area contributed by atoms with Crippen molar-refractivity contribution >= 4 is 11.3 Å². The lowest BCUT2D eigenvalue weighted by atomic mass is 10.0. The molecule has 96 valence electrons. The molecule has 0 bridgehead atoms. The lowest BCUT2D eigenvalue weighted by Gasteiger charge is -2.27. The molecule has 1 atom stereocenters. The zero-order chi connectivity index (χ0) is 12.3. The Balaban J connectivity index is 1.78. The summed E-state index contributed by atoms with van der Waals surface area (Å²) in [5.41, 5.74) is 2.51. The SMILES string of the molecule is Cc1ncsc1CCN(C)C[C@@]1(O)CCNC1. The van der Waals surface area contributed by atoms with Crippen molar-refractivity contribution in [3.63, 3.8) is 0 Å². The van der Waals surface area contributed by atoms with E-state index in [-0.39, 0.29) is 0 Å². The highest BCUT2D eigenvalue weighted by Crippen LogP contribution is 2.17. The van der Waals surface area contributed by atoms with E-state index in [9.17, 15) is 5.11 Å². The van der Waals surface area contributed by atoms with Gasteiger partial charge in [-0.2, -0.15) is 0 Å². The molecule has 2 N–H and O–H groups in total. The Labute approximate surface area is 107 Å². The summed E-state index contributed by atoms with van der Waals surface area (Å²) >= 11 is 1.72. The maximum atomic E-state index is 10.3. The summed E-state index contributed by atoms with van der Waals surface area (Å²) in [6, 6.07) is 0. The van der Waals surface area contributed by atoms with Gasteiger partial charge in [0.2, 0.25) is 0 Å². The van der Waals surface area contributed by atoms with Gasteiger partial charge in [-0.05, 0) is 33.4 Å². The number of aromatic nitrogens is 1. The van der Waals surface area contributed by atoms with E-state index in [0.717, 1.165) is 44.7 Å². The van der Waals surface area contributed by atoms with E-state index in [2.05, 4.69) is 29.2 Å². The topological polar surface area (TPSA) is 48.4 Å². The summed E-state index contributed by atoms with van der Waals surface area (Å²) in [5.74, 6) is 0. The monoisotopic (exact) mass is 255 g/mol. The number of rotatable bonds is 5. The van der Waals surface area contributed by atoms with Crippen LogP contribution in [0.15, 0.2) is 5.51 Å². The molecule has 4 nitrogen and oxygen atoms in total. The second-order valence-corrected chi connectivity index (χ2v) is 5.94. The largest absolute Gasteiger partial charge is 0.387 e. The second-order valence-electron chi connectivity index (χ2n) is 5.00. The summed E-state index contributed by atoms with van der Waals surface area (Å²) in [7, 11) is 2.08. The molecule has 2 heterocycles. The molecule has 0 aromatic carbocycles. The van der Waals surface area contributed by atoms with Crippen LogP contribution in [-0.4, -0.2) is 53.8 Å². The number of aryl methyl sites for hydroxylation is 1. The molecule has 1 aromatic heterocycles. The number of hydrogen-bond acceptors (Lipinski definition) is 5. The van der Waals surface area contributed by atoms with E-state index in [0.29, 0.717) is 0 Å². The molecule has 0 aliphatic carbocycles. The minimum absolute atomic E-state index is 0.530. The van der Waals surface area contributed by atoms with Gasteiger partial charge in [0.05, 0.1) is 16.8 Å². The van der Waals surface area contributed by atoms with Crippen molar-refractivity contribution < 1.29 is 5.11 Å². The Morgan fingerprint density at radius 1 is 1.65 bits per heavy atom. The van der Waals surface area contributed by atoms with Gasteiger partial charge < -0.3 is 15.3 Å². The Morgan fingerprint density at radius 2 is 2.47 bits per heavy atom. The van der Waals surface area contributed by atoms with Crippen molar-refractivity contribution in [3.05, 3.63) is 16.1 Å². The Morgan fingerprint density at radius 3 is 3.06 bits per heavy atom. The molecule has 1 aliphatic rings. The van der Waals surface area contributed by atoms with Crippen LogP contribution in [0.25, 0.3) is 0 Å². The van der Waals surface area contributed by atoms with Crippen LogP contribution in [0.1, 0.15) is 17.0 Å². The molecule has 0 amide bonds. The van der Waals surface area contributed by atoms with Crippen molar-refractivity contribution in [2.75, 3.05) is 33.2 Å². The first-order valence-corrected chi connectivity index (χ1v) is 6.98. The highest BCUT2D eigenvalue weighted by atomic mass is 32.1. The van der Waals surface area contributed by atoms with Crippen LogP contribution in [0.5, 0.6) is 0 Å². The summed E-state index contributed by atoms with van der Waals surface area (Å²) in [4.78, 5) is 7.82. The van der Waals surface area contributed by atoms with Gasteiger partial charge in [-0.3, -0.25) is 0 Å². The van der Waals surface area contributed by atoms with Gasteiger partial charge in [-0.25, -0.2) is 4.98 Å². The van der Waals surface area contributed by atoms with E-state index in [1.54, 1.807) is 11.3 Å². The molecular weight excluding hydrogens is 234 g/mol. The molecule has 17 heavy (non-hydrogen) atoms. The quantitative estimate of drug-likeness (QED) is 0.811. The van der Waals surface area contributed by atoms with Crippen LogP contribution in [0, 0.1) is 6.92 Å². The summed E-state index contributed by atoms with van der Waals surface area (Å²) < 4.78 is 0. The average Bonchev–Trinajstić information content (AvgIpc) is 2.85. The molecule has 1 saturated heterocycles. The summed E-state index contributed by atoms with van der Waals surface area (Å²) in [5, 5.41) is 13.5. The first-order chi connectivity index (χ1) is 8.09. The van der Waals surface area contributed by atoms with Crippen LogP contribution >= 0.6 is 11.3 Å². The molecule has 0 saturated carbocycles. The maximum absolute atomic E-state index is 10.3. The van der Waals surface area contributed by atoms with Crippen LogP contribution < -0.4 is 5.32 Å². The number of aliphatic hydroxyl groups is 1. The van der Waals surface area contributed by atoms with Gasteiger partial charge in [-0.15, -0.1) is 11.3 Å². The van der Waals surface area contributed by atoms with E-state index in [4.69, 9.17) is 0 Å². The van der Waals surface area contributed by atoms with E-state index < -0.39 is 5.60 Å². The zero-order valence-corrected chi connectivity index (χ0v) is 11.4. The fourth-order valence-corrected chi connectivity index (χ4v) is 3.08. The smallest absolute Gasteiger partial charge is 0.0909 e. The van der Waals surface area contributed by atoms with Gasteiger partial charge in [-0.1, -0.05) is 0 Å². The normalized spacial score (nSPS) is 24.7. The van der Waals surface area contributed by atoms with E-state index in [1.807, 2.05) is 5.51 Å². The van der Waals surface area contributed by atoms with Gasteiger partial charge in [0.15, 0.2) is 0 Å². The predicted octanol–water partition coefficient (Wildman–Crippen LogP) is 0.650. The van der Waals surface area contributed by atoms with Gasteiger partial charge in [0, 0.05) is 24.5 Å². The standard InChI is InChI=1S/C12H21N3OS/c1-10-11(17-9-14-10)3-6-15(2)8-12(16)4-5-13-7-12/h9,13,16H,3-8H2,1-2H3/t12-/m1/s1. The maximum Gasteiger partial charge on any atom is 0.0909 e. The van der Waals surface area contributed by atoms with E-state index in [1.165, 1.54) is 4.88 Å². The highest BCUT2D eigenvalue weighted by Gasteiger charge is 2.31. The molecule has 1 aromatic rings. The lowest BCUT2D eigenvalue weighted by Crippen LogP contribution is -2.43. The highest BCUT2D eigenvalue weighted by molar-refractivity contribution is 7.09. The predicted molar refractivity (Wildman–Crippen MR) is 70.5 cm³/mol. The molecule has 1 aliphatic heterocycles. The molecular formula is C12H21N3OS. The first-order valence-electron chi connectivity index (χ1n) is 6.10. The molecule has 1 fully saturated rings. The molecule has 0 unspecified atom stereocenters. The number of thiazole rings is 1. The van der Waals surface area contributed by atoms with Crippen molar-refractivity contribution in [3.8, 4) is 0 Å². The minimum Gasteiger partial charge on any atom is -0.387 e. The number of likely N-dealkylation sites (N-methyl/N-ethyl adjacent to an activating group) is 1. The van der Waals surface area contributed by atoms with Gasteiger partial charge >= 0.3 is 0 Å². The van der Waals surface area contributed by atoms with Crippen LogP contribution in [0.3, 0.4) is 0 Å². The molecule has 2 rings (SSSR count). The molecule has 0 radical (unpaired) electrons.